The smallest absolute Gasteiger partial charge is 0.291 e. The summed E-state index contributed by atoms with van der Waals surface area (Å²) in [6.45, 7) is 6.15. The minimum atomic E-state index is -1.10. The second-order valence-corrected chi connectivity index (χ2v) is 8.91. The lowest BCUT2D eigenvalue weighted by Crippen LogP contribution is -2.39. The van der Waals surface area contributed by atoms with Crippen LogP contribution in [-0.2, 0) is 14.3 Å². The molecule has 2 aliphatic heterocycles. The molecule has 8 heteroatoms. The topological polar surface area (TPSA) is 85.4 Å². The highest BCUT2D eigenvalue weighted by molar-refractivity contribution is 6.44. The van der Waals surface area contributed by atoms with E-state index in [0.29, 0.717) is 43.2 Å². The molecule has 0 N–H and O–H groups in total. The fraction of sp³-hybridized carbons (Fsp3) is 0.444. The Labute approximate surface area is 205 Å². The molecule has 0 aliphatic carbocycles. The summed E-state index contributed by atoms with van der Waals surface area (Å²) in [5.74, 6) is -1.39. The van der Waals surface area contributed by atoms with Crippen LogP contribution in [0.1, 0.15) is 33.9 Å². The zero-order valence-electron chi connectivity index (χ0n) is 20.5. The van der Waals surface area contributed by atoms with Gasteiger partial charge in [-0.25, -0.2) is 0 Å². The Morgan fingerprint density at radius 1 is 1.00 bits per heavy atom. The van der Waals surface area contributed by atoms with Crippen molar-refractivity contribution in [2.45, 2.75) is 19.4 Å². The number of hydrogen-bond acceptors (Lipinski definition) is 7. The number of likely N-dealkylation sites (tertiary alicyclic amines) is 1. The summed E-state index contributed by atoms with van der Waals surface area (Å²) >= 11 is 0. The van der Waals surface area contributed by atoms with Crippen LogP contribution in [0.5, 0.6) is 11.5 Å². The number of ether oxygens (including phenoxy) is 3. The van der Waals surface area contributed by atoms with Crippen LogP contribution in [0.4, 0.5) is 0 Å². The molecule has 2 fully saturated rings. The molecule has 0 saturated carbocycles. The summed E-state index contributed by atoms with van der Waals surface area (Å²) < 4.78 is 16.0. The number of hydrogen-bond donors (Lipinski definition) is 0. The summed E-state index contributed by atoms with van der Waals surface area (Å²) in [4.78, 5) is 43.9. The first-order valence-electron chi connectivity index (χ1n) is 11.9. The second kappa shape index (κ2) is 11.0. The van der Waals surface area contributed by atoms with Gasteiger partial charge in [0, 0.05) is 31.7 Å². The first-order chi connectivity index (χ1) is 16.9. The predicted molar refractivity (Wildman–Crippen MR) is 130 cm³/mol. The fourth-order valence-corrected chi connectivity index (χ4v) is 4.90. The Hall–Kier alpha value is -3.23. The molecule has 35 heavy (non-hydrogen) atoms. The van der Waals surface area contributed by atoms with E-state index in [1.165, 1.54) is 0 Å². The zero-order chi connectivity index (χ0) is 24.9. The van der Waals surface area contributed by atoms with Gasteiger partial charge in [0.2, 0.25) is 5.78 Å². The van der Waals surface area contributed by atoms with E-state index in [1.54, 1.807) is 49.5 Å². The van der Waals surface area contributed by atoms with Crippen molar-refractivity contribution in [1.29, 1.82) is 0 Å². The Morgan fingerprint density at radius 3 is 2.34 bits per heavy atom. The van der Waals surface area contributed by atoms with Crippen LogP contribution in [0.3, 0.4) is 0 Å². The number of carbonyl (C=O) groups is 3. The van der Waals surface area contributed by atoms with Crippen molar-refractivity contribution in [1.82, 2.24) is 9.80 Å². The van der Waals surface area contributed by atoms with E-state index >= 15 is 0 Å². The lowest BCUT2D eigenvalue weighted by atomic mass is 9.86. The van der Waals surface area contributed by atoms with Crippen LogP contribution in [0.2, 0.25) is 0 Å². The molecule has 0 spiro atoms. The molecule has 0 bridgehead atoms. The largest absolute Gasteiger partial charge is 0.497 e. The zero-order valence-corrected chi connectivity index (χ0v) is 20.5. The number of methoxy groups -OCH3 is 2. The lowest BCUT2D eigenvalue weighted by Gasteiger charge is -2.30. The first kappa shape index (κ1) is 24.9. The van der Waals surface area contributed by atoms with Gasteiger partial charge >= 0.3 is 0 Å². The molecule has 2 heterocycles. The van der Waals surface area contributed by atoms with Gasteiger partial charge < -0.3 is 19.1 Å². The van der Waals surface area contributed by atoms with Crippen LogP contribution in [-0.4, -0.2) is 80.9 Å². The number of morpholine rings is 1. The number of benzene rings is 2. The monoisotopic (exact) mass is 480 g/mol. The second-order valence-electron chi connectivity index (χ2n) is 8.91. The number of aryl methyl sites for hydroxylation is 1. The summed E-state index contributed by atoms with van der Waals surface area (Å²) in [5, 5.41) is 0. The Bertz CT molecular complexity index is 1080. The number of amides is 1. The van der Waals surface area contributed by atoms with Crippen LogP contribution in [0.15, 0.2) is 42.5 Å². The van der Waals surface area contributed by atoms with Gasteiger partial charge in [0.1, 0.15) is 17.4 Å². The predicted octanol–water partition coefficient (Wildman–Crippen LogP) is 2.69. The quantitative estimate of drug-likeness (QED) is 0.310. The van der Waals surface area contributed by atoms with Crippen molar-refractivity contribution in [3.05, 3.63) is 59.2 Å². The third-order valence-corrected chi connectivity index (χ3v) is 6.80. The summed E-state index contributed by atoms with van der Waals surface area (Å²) in [6.07, 6.45) is 0.703. The van der Waals surface area contributed by atoms with Crippen molar-refractivity contribution in [3.63, 3.8) is 0 Å². The first-order valence-corrected chi connectivity index (χ1v) is 11.9. The molecule has 2 aliphatic rings. The highest BCUT2D eigenvalue weighted by Gasteiger charge is 2.51. The van der Waals surface area contributed by atoms with Crippen molar-refractivity contribution < 1.29 is 28.6 Å². The summed E-state index contributed by atoms with van der Waals surface area (Å²) in [7, 11) is 3.14. The van der Waals surface area contributed by atoms with Crippen molar-refractivity contribution in [2.24, 2.45) is 5.92 Å². The summed E-state index contributed by atoms with van der Waals surface area (Å²) in [6, 6.07) is 11.6. The third-order valence-electron chi connectivity index (χ3n) is 6.80. The molecule has 2 aromatic rings. The van der Waals surface area contributed by atoms with E-state index in [0.717, 1.165) is 30.8 Å². The van der Waals surface area contributed by atoms with E-state index < -0.39 is 23.7 Å². The van der Waals surface area contributed by atoms with Gasteiger partial charge in [-0.2, -0.15) is 0 Å². The molecule has 186 valence electrons. The maximum absolute atomic E-state index is 13.6. The molecule has 2 atom stereocenters. The van der Waals surface area contributed by atoms with E-state index in [-0.39, 0.29) is 5.78 Å². The van der Waals surface area contributed by atoms with E-state index in [1.807, 2.05) is 19.1 Å². The van der Waals surface area contributed by atoms with Crippen molar-refractivity contribution >= 4 is 17.5 Å². The molecule has 1 amide bonds. The lowest BCUT2D eigenvalue weighted by molar-refractivity contribution is -0.140. The van der Waals surface area contributed by atoms with E-state index in [9.17, 15) is 14.4 Å². The van der Waals surface area contributed by atoms with Crippen LogP contribution < -0.4 is 9.47 Å². The van der Waals surface area contributed by atoms with Crippen molar-refractivity contribution in [3.8, 4) is 11.5 Å². The molecule has 0 aromatic heterocycles. The standard InChI is InChI=1S/C27H32N2O6/c1-18-17-20(7-10-22(18)34-3)25(30)23-24(19-5-8-21(33-2)9-6-19)29(27(32)26(23)31)12-4-11-28-13-15-35-16-14-28/h5-10,17,23-24H,4,11-16H2,1-3H3. The van der Waals surface area contributed by atoms with Gasteiger partial charge in [-0.05, 0) is 54.8 Å². The van der Waals surface area contributed by atoms with Gasteiger partial charge in [0.25, 0.3) is 5.91 Å². The van der Waals surface area contributed by atoms with E-state index in [4.69, 9.17) is 14.2 Å². The van der Waals surface area contributed by atoms with Crippen LogP contribution >= 0.6 is 0 Å². The molecule has 0 radical (unpaired) electrons. The molecule has 8 nitrogen and oxygen atoms in total. The van der Waals surface area contributed by atoms with E-state index in [2.05, 4.69) is 4.90 Å². The molecule has 2 aromatic carbocycles. The molecular formula is C27H32N2O6. The summed E-state index contributed by atoms with van der Waals surface area (Å²) in [5.41, 5.74) is 1.92. The Balaban J connectivity index is 1.62. The SMILES string of the molecule is COc1ccc(C2C(C(=O)c3ccc(OC)c(C)c3)C(=O)C(=O)N2CCCN2CCOCC2)cc1. The average molecular weight is 481 g/mol. The van der Waals surface area contributed by atoms with Crippen LogP contribution in [0.25, 0.3) is 0 Å². The normalized spacial score (nSPS) is 20.8. The van der Waals surface area contributed by atoms with Gasteiger partial charge in [0.15, 0.2) is 5.78 Å². The average Bonchev–Trinajstić information content (AvgIpc) is 3.14. The highest BCUT2D eigenvalue weighted by atomic mass is 16.5. The maximum Gasteiger partial charge on any atom is 0.291 e. The van der Waals surface area contributed by atoms with Gasteiger partial charge in [-0.1, -0.05) is 12.1 Å². The minimum Gasteiger partial charge on any atom is -0.497 e. The number of ketones is 2. The molecule has 2 saturated heterocycles. The van der Waals surface area contributed by atoms with Gasteiger partial charge in [0.05, 0.1) is 33.5 Å². The third kappa shape index (κ3) is 5.23. The Kier molecular flexibility index (Phi) is 7.83. The molecule has 4 rings (SSSR count). The minimum absolute atomic E-state index is 0.356. The Morgan fingerprint density at radius 2 is 1.71 bits per heavy atom. The van der Waals surface area contributed by atoms with Crippen LogP contribution in [0, 0.1) is 12.8 Å². The molecular weight excluding hydrogens is 448 g/mol. The van der Waals surface area contributed by atoms with Gasteiger partial charge in [-0.3, -0.25) is 19.3 Å². The fourth-order valence-electron chi connectivity index (χ4n) is 4.90. The maximum atomic E-state index is 13.6. The number of rotatable bonds is 9. The number of Topliss-reactive ketones (excluding diaryl/α,β-unsaturated/α-hetero) is 2. The van der Waals surface area contributed by atoms with Crippen molar-refractivity contribution in [2.75, 3.05) is 53.6 Å². The highest BCUT2D eigenvalue weighted by Crippen LogP contribution is 2.39. The van der Waals surface area contributed by atoms with Gasteiger partial charge in [-0.15, -0.1) is 0 Å². The molecule has 2 unspecified atom stereocenters. The number of carbonyl (C=O) groups excluding carboxylic acids is 3. The number of nitrogens with zero attached hydrogens (tertiary/aromatic N) is 2.